The summed E-state index contributed by atoms with van der Waals surface area (Å²) in [5, 5.41) is 0. The summed E-state index contributed by atoms with van der Waals surface area (Å²) in [5.41, 5.74) is 6.72. The molecule has 1 aromatic rings. The number of hydrogen-bond donors (Lipinski definition) is 1. The minimum absolute atomic E-state index is 0.0976. The summed E-state index contributed by atoms with van der Waals surface area (Å²) in [5.74, 6) is 1.32. The molecule has 0 radical (unpaired) electrons. The molecule has 1 fully saturated rings. The Morgan fingerprint density at radius 3 is 2.64 bits per heavy atom. The zero-order valence-electron chi connectivity index (χ0n) is 13.9. The minimum Gasteiger partial charge on any atom is -0.491 e. The van der Waals surface area contributed by atoms with Gasteiger partial charge in [-0.05, 0) is 63.3 Å². The van der Waals surface area contributed by atoms with Crippen molar-refractivity contribution >= 4 is 5.91 Å². The van der Waals surface area contributed by atoms with E-state index in [0.717, 1.165) is 43.7 Å². The summed E-state index contributed by atoms with van der Waals surface area (Å²) in [6.07, 6.45) is 3.30. The number of hydrogen-bond acceptors (Lipinski definition) is 3. The third kappa shape index (κ3) is 4.23. The van der Waals surface area contributed by atoms with Crippen molar-refractivity contribution in [3.05, 3.63) is 29.8 Å². The molecule has 2 N–H and O–H groups in total. The Morgan fingerprint density at radius 1 is 1.36 bits per heavy atom. The van der Waals surface area contributed by atoms with Gasteiger partial charge in [-0.3, -0.25) is 4.79 Å². The molecule has 0 saturated carbocycles. The van der Waals surface area contributed by atoms with E-state index >= 15 is 0 Å². The minimum atomic E-state index is 0.0976. The van der Waals surface area contributed by atoms with E-state index in [1.807, 2.05) is 43.0 Å². The van der Waals surface area contributed by atoms with Crippen LogP contribution in [-0.4, -0.2) is 36.0 Å². The summed E-state index contributed by atoms with van der Waals surface area (Å²) >= 11 is 0. The summed E-state index contributed by atoms with van der Waals surface area (Å²) < 4.78 is 5.75. The number of likely N-dealkylation sites (tertiary alicyclic amines) is 1. The number of benzene rings is 1. The summed E-state index contributed by atoms with van der Waals surface area (Å²) in [4.78, 5) is 14.5. The number of nitrogens with two attached hydrogens (primary N) is 1. The molecule has 3 unspecified atom stereocenters. The van der Waals surface area contributed by atoms with Gasteiger partial charge in [0.2, 0.25) is 0 Å². The first-order valence-corrected chi connectivity index (χ1v) is 8.32. The largest absolute Gasteiger partial charge is 0.491 e. The van der Waals surface area contributed by atoms with E-state index in [0.29, 0.717) is 5.92 Å². The van der Waals surface area contributed by atoms with Gasteiger partial charge in [-0.25, -0.2) is 0 Å². The maximum atomic E-state index is 12.6. The Labute approximate surface area is 133 Å². The quantitative estimate of drug-likeness (QED) is 0.909. The van der Waals surface area contributed by atoms with Crippen molar-refractivity contribution in [1.82, 2.24) is 4.90 Å². The van der Waals surface area contributed by atoms with Crippen LogP contribution in [0, 0.1) is 5.92 Å². The highest BCUT2D eigenvalue weighted by molar-refractivity contribution is 5.94. The fourth-order valence-electron chi connectivity index (χ4n) is 2.80. The van der Waals surface area contributed by atoms with Crippen LogP contribution < -0.4 is 10.5 Å². The van der Waals surface area contributed by atoms with E-state index in [4.69, 9.17) is 10.5 Å². The standard InChI is InChI=1S/C18H28N2O2/c1-4-13(2)22-17-9-7-15(8-10-17)18(21)20-11-5-6-16(12-20)14(3)19/h7-10,13-14,16H,4-6,11-12,19H2,1-3H3. The second-order valence-electron chi connectivity index (χ2n) is 6.37. The highest BCUT2D eigenvalue weighted by Gasteiger charge is 2.26. The van der Waals surface area contributed by atoms with Crippen LogP contribution in [0.15, 0.2) is 24.3 Å². The predicted octanol–water partition coefficient (Wildman–Crippen LogP) is 3.06. The van der Waals surface area contributed by atoms with Gasteiger partial charge in [-0.15, -0.1) is 0 Å². The van der Waals surface area contributed by atoms with E-state index in [2.05, 4.69) is 6.92 Å². The van der Waals surface area contributed by atoms with Crippen LogP contribution in [0.1, 0.15) is 50.4 Å². The molecule has 0 aliphatic carbocycles. The van der Waals surface area contributed by atoms with Crippen molar-refractivity contribution in [3.8, 4) is 5.75 Å². The highest BCUT2D eigenvalue weighted by Crippen LogP contribution is 2.22. The van der Waals surface area contributed by atoms with Crippen molar-refractivity contribution in [1.29, 1.82) is 0 Å². The molecule has 22 heavy (non-hydrogen) atoms. The van der Waals surface area contributed by atoms with E-state index in [-0.39, 0.29) is 18.1 Å². The molecule has 1 saturated heterocycles. The van der Waals surface area contributed by atoms with E-state index in [9.17, 15) is 4.79 Å². The molecule has 0 bridgehead atoms. The molecule has 0 aromatic heterocycles. The topological polar surface area (TPSA) is 55.6 Å². The zero-order chi connectivity index (χ0) is 16.1. The predicted molar refractivity (Wildman–Crippen MR) is 89.1 cm³/mol. The first kappa shape index (κ1) is 16.8. The Morgan fingerprint density at radius 2 is 2.05 bits per heavy atom. The molecular weight excluding hydrogens is 276 g/mol. The number of nitrogens with zero attached hydrogens (tertiary/aromatic N) is 1. The van der Waals surface area contributed by atoms with Crippen LogP contribution in [0.5, 0.6) is 5.75 Å². The smallest absolute Gasteiger partial charge is 0.253 e. The molecule has 1 heterocycles. The Kier molecular flexibility index (Phi) is 5.83. The van der Waals surface area contributed by atoms with Gasteiger partial charge in [0.25, 0.3) is 5.91 Å². The maximum absolute atomic E-state index is 12.6. The Balaban J connectivity index is 2.00. The molecular formula is C18H28N2O2. The molecule has 4 nitrogen and oxygen atoms in total. The number of carbonyl (C=O) groups is 1. The Bertz CT molecular complexity index is 484. The van der Waals surface area contributed by atoms with E-state index in [1.54, 1.807) is 0 Å². The number of amides is 1. The van der Waals surface area contributed by atoms with Gasteiger partial charge in [0.05, 0.1) is 6.10 Å². The van der Waals surface area contributed by atoms with Crippen molar-refractivity contribution in [2.45, 2.75) is 52.2 Å². The van der Waals surface area contributed by atoms with Crippen molar-refractivity contribution < 1.29 is 9.53 Å². The summed E-state index contributed by atoms with van der Waals surface area (Å²) in [6.45, 7) is 7.75. The van der Waals surface area contributed by atoms with Crippen molar-refractivity contribution in [2.24, 2.45) is 11.7 Å². The third-order valence-corrected chi connectivity index (χ3v) is 4.50. The Hall–Kier alpha value is -1.55. The van der Waals surface area contributed by atoms with Crippen LogP contribution in [0.2, 0.25) is 0 Å². The van der Waals surface area contributed by atoms with Crippen LogP contribution in [-0.2, 0) is 0 Å². The number of rotatable bonds is 5. The average molecular weight is 304 g/mol. The number of ether oxygens (including phenoxy) is 1. The second-order valence-corrected chi connectivity index (χ2v) is 6.37. The lowest BCUT2D eigenvalue weighted by Crippen LogP contribution is -2.45. The van der Waals surface area contributed by atoms with Gasteiger partial charge >= 0.3 is 0 Å². The molecule has 1 aliphatic heterocycles. The molecule has 1 aromatic carbocycles. The molecule has 1 amide bonds. The van der Waals surface area contributed by atoms with Crippen molar-refractivity contribution in [2.75, 3.05) is 13.1 Å². The molecule has 1 aliphatic rings. The summed E-state index contributed by atoms with van der Waals surface area (Å²) in [7, 11) is 0. The van der Waals surface area contributed by atoms with Gasteiger partial charge in [0, 0.05) is 24.7 Å². The lowest BCUT2D eigenvalue weighted by molar-refractivity contribution is 0.0661. The highest BCUT2D eigenvalue weighted by atomic mass is 16.5. The SMILES string of the molecule is CCC(C)Oc1ccc(C(=O)N2CCCC(C(C)N)C2)cc1. The van der Waals surface area contributed by atoms with Gasteiger partial charge in [-0.1, -0.05) is 6.92 Å². The van der Waals surface area contributed by atoms with Crippen LogP contribution in [0.4, 0.5) is 0 Å². The van der Waals surface area contributed by atoms with Crippen LogP contribution in [0.25, 0.3) is 0 Å². The van der Waals surface area contributed by atoms with Gasteiger partial charge < -0.3 is 15.4 Å². The van der Waals surface area contributed by atoms with Gasteiger partial charge in [0.1, 0.15) is 5.75 Å². The molecule has 0 spiro atoms. The second kappa shape index (κ2) is 7.63. The lowest BCUT2D eigenvalue weighted by Gasteiger charge is -2.34. The fourth-order valence-corrected chi connectivity index (χ4v) is 2.80. The fraction of sp³-hybridized carbons (Fsp3) is 0.611. The van der Waals surface area contributed by atoms with E-state index in [1.165, 1.54) is 0 Å². The van der Waals surface area contributed by atoms with E-state index < -0.39 is 0 Å². The maximum Gasteiger partial charge on any atom is 0.253 e. The first-order chi connectivity index (χ1) is 10.5. The number of carbonyl (C=O) groups excluding carboxylic acids is 1. The zero-order valence-corrected chi connectivity index (χ0v) is 13.9. The first-order valence-electron chi connectivity index (χ1n) is 8.32. The van der Waals surface area contributed by atoms with Crippen LogP contribution in [0.3, 0.4) is 0 Å². The lowest BCUT2D eigenvalue weighted by atomic mass is 9.92. The van der Waals surface area contributed by atoms with Gasteiger partial charge in [0.15, 0.2) is 0 Å². The monoisotopic (exact) mass is 304 g/mol. The average Bonchev–Trinajstić information content (AvgIpc) is 2.55. The van der Waals surface area contributed by atoms with Crippen LogP contribution >= 0.6 is 0 Å². The molecule has 3 atom stereocenters. The normalized spacial score (nSPS) is 21.3. The molecule has 122 valence electrons. The molecule has 2 rings (SSSR count). The van der Waals surface area contributed by atoms with Crippen molar-refractivity contribution in [3.63, 3.8) is 0 Å². The van der Waals surface area contributed by atoms with Gasteiger partial charge in [-0.2, -0.15) is 0 Å². The summed E-state index contributed by atoms with van der Waals surface area (Å²) in [6, 6.07) is 7.62. The molecule has 4 heteroatoms. The third-order valence-electron chi connectivity index (χ3n) is 4.50. The number of piperidine rings is 1.